The van der Waals surface area contributed by atoms with Crippen LogP contribution in [0.4, 0.5) is 10.5 Å². The van der Waals surface area contributed by atoms with Crippen molar-refractivity contribution in [3.63, 3.8) is 0 Å². The highest BCUT2D eigenvalue weighted by atomic mass is 16.5. The summed E-state index contributed by atoms with van der Waals surface area (Å²) < 4.78 is 5.59. The highest BCUT2D eigenvalue weighted by molar-refractivity contribution is 6.04. The summed E-state index contributed by atoms with van der Waals surface area (Å²) in [6.45, 7) is 3.80. The standard InChI is InChI=1S/C28H28N2O5/c1-3-8-25(27(32)33)29-26(31)22-15-17(2)13-14-24(22)30-28(34)35-16-23-20-11-6-4-9-18(20)19-10-5-7-12-21(19)23/h4-7,9-15,23,25H,3,8,16H2,1-2H3,(H,29,31)(H,30,34)(H,32,33)/t25-/m1/s1. The van der Waals surface area contributed by atoms with Crippen LogP contribution in [0.5, 0.6) is 0 Å². The molecule has 4 rings (SSSR count). The van der Waals surface area contributed by atoms with Crippen LogP contribution in [0.25, 0.3) is 11.1 Å². The first-order valence-electron chi connectivity index (χ1n) is 11.6. The van der Waals surface area contributed by atoms with Gasteiger partial charge in [0, 0.05) is 5.92 Å². The number of carbonyl (C=O) groups excluding carboxylic acids is 2. The molecule has 1 atom stereocenters. The lowest BCUT2D eigenvalue weighted by molar-refractivity contribution is -0.139. The van der Waals surface area contributed by atoms with E-state index in [1.54, 1.807) is 18.2 Å². The second-order valence-electron chi connectivity index (χ2n) is 8.65. The Morgan fingerprint density at radius 1 is 0.971 bits per heavy atom. The van der Waals surface area contributed by atoms with Crippen molar-refractivity contribution in [3.05, 3.63) is 89.0 Å². The normalized spacial score (nSPS) is 12.9. The van der Waals surface area contributed by atoms with Gasteiger partial charge >= 0.3 is 12.1 Å². The van der Waals surface area contributed by atoms with Gasteiger partial charge in [-0.05, 0) is 47.7 Å². The van der Waals surface area contributed by atoms with Crippen LogP contribution in [-0.2, 0) is 9.53 Å². The number of carboxylic acids is 1. The van der Waals surface area contributed by atoms with Gasteiger partial charge < -0.3 is 15.2 Å². The quantitative estimate of drug-likeness (QED) is 0.411. The number of carboxylic acid groups (broad SMARTS) is 1. The van der Waals surface area contributed by atoms with Gasteiger partial charge in [0.2, 0.25) is 0 Å². The van der Waals surface area contributed by atoms with Crippen LogP contribution in [0, 0.1) is 6.92 Å². The van der Waals surface area contributed by atoms with Crippen molar-refractivity contribution in [1.82, 2.24) is 5.32 Å². The average Bonchev–Trinajstić information content (AvgIpc) is 3.17. The molecule has 2 amide bonds. The second-order valence-corrected chi connectivity index (χ2v) is 8.65. The lowest BCUT2D eigenvalue weighted by atomic mass is 9.98. The van der Waals surface area contributed by atoms with Gasteiger partial charge in [-0.1, -0.05) is 73.5 Å². The Hall–Kier alpha value is -4.13. The number of hydrogen-bond donors (Lipinski definition) is 3. The zero-order valence-corrected chi connectivity index (χ0v) is 19.7. The van der Waals surface area contributed by atoms with Crippen LogP contribution >= 0.6 is 0 Å². The molecule has 180 valence electrons. The fraction of sp³-hybridized carbons (Fsp3) is 0.250. The minimum atomic E-state index is -1.10. The number of benzene rings is 3. The van der Waals surface area contributed by atoms with E-state index in [0.717, 1.165) is 27.8 Å². The van der Waals surface area contributed by atoms with Crippen LogP contribution < -0.4 is 10.6 Å². The van der Waals surface area contributed by atoms with E-state index in [1.807, 2.05) is 50.2 Å². The number of aliphatic carboxylic acids is 1. The Balaban J connectivity index is 1.48. The molecule has 1 aliphatic carbocycles. The number of aryl methyl sites for hydroxylation is 1. The van der Waals surface area contributed by atoms with E-state index in [9.17, 15) is 19.5 Å². The first kappa shape index (κ1) is 24.0. The van der Waals surface area contributed by atoms with Crippen molar-refractivity contribution in [2.45, 2.75) is 38.6 Å². The maximum absolute atomic E-state index is 12.9. The number of ether oxygens (including phenoxy) is 1. The number of amides is 2. The molecule has 0 aliphatic heterocycles. The van der Waals surface area contributed by atoms with Gasteiger partial charge in [0.25, 0.3) is 5.91 Å². The van der Waals surface area contributed by atoms with E-state index < -0.39 is 24.0 Å². The molecule has 0 saturated carbocycles. The molecule has 35 heavy (non-hydrogen) atoms. The van der Waals surface area contributed by atoms with E-state index in [0.29, 0.717) is 12.8 Å². The number of fused-ring (bicyclic) bond motifs is 3. The fourth-order valence-electron chi connectivity index (χ4n) is 4.48. The van der Waals surface area contributed by atoms with Crippen LogP contribution in [0.3, 0.4) is 0 Å². The summed E-state index contributed by atoms with van der Waals surface area (Å²) in [4.78, 5) is 37.1. The Morgan fingerprint density at radius 2 is 1.60 bits per heavy atom. The van der Waals surface area contributed by atoms with Gasteiger partial charge in [-0.3, -0.25) is 10.1 Å². The Bertz CT molecular complexity index is 1220. The third kappa shape index (κ3) is 5.19. The molecule has 0 spiro atoms. The fourth-order valence-corrected chi connectivity index (χ4v) is 4.48. The first-order valence-corrected chi connectivity index (χ1v) is 11.6. The number of hydrogen-bond acceptors (Lipinski definition) is 4. The van der Waals surface area contributed by atoms with Gasteiger partial charge in [0.05, 0.1) is 11.3 Å². The molecular weight excluding hydrogens is 444 g/mol. The van der Waals surface area contributed by atoms with Crippen molar-refractivity contribution in [2.24, 2.45) is 0 Å². The molecule has 0 bridgehead atoms. The van der Waals surface area contributed by atoms with Crippen molar-refractivity contribution in [2.75, 3.05) is 11.9 Å². The van der Waals surface area contributed by atoms with Crippen LogP contribution in [0.1, 0.15) is 52.7 Å². The Kier molecular flexibility index (Phi) is 7.15. The van der Waals surface area contributed by atoms with E-state index in [4.69, 9.17) is 4.74 Å². The van der Waals surface area contributed by atoms with E-state index in [2.05, 4.69) is 22.8 Å². The molecule has 0 heterocycles. The third-order valence-electron chi connectivity index (χ3n) is 6.18. The molecule has 7 nitrogen and oxygen atoms in total. The van der Waals surface area contributed by atoms with Gasteiger partial charge in [-0.15, -0.1) is 0 Å². The zero-order valence-electron chi connectivity index (χ0n) is 19.7. The maximum Gasteiger partial charge on any atom is 0.411 e. The highest BCUT2D eigenvalue weighted by Crippen LogP contribution is 2.44. The molecule has 0 radical (unpaired) electrons. The molecular formula is C28H28N2O5. The van der Waals surface area contributed by atoms with Crippen LogP contribution in [0.15, 0.2) is 66.7 Å². The summed E-state index contributed by atoms with van der Waals surface area (Å²) in [5.74, 6) is -1.75. The van der Waals surface area contributed by atoms with Crippen LogP contribution in [-0.4, -0.2) is 35.7 Å². The van der Waals surface area contributed by atoms with E-state index in [1.165, 1.54) is 0 Å². The van der Waals surface area contributed by atoms with E-state index >= 15 is 0 Å². The van der Waals surface area contributed by atoms with Gasteiger partial charge in [0.1, 0.15) is 12.6 Å². The minimum Gasteiger partial charge on any atom is -0.480 e. The Labute approximate surface area is 204 Å². The minimum absolute atomic E-state index is 0.0840. The lowest BCUT2D eigenvalue weighted by Gasteiger charge is -2.17. The molecule has 0 aromatic heterocycles. The second kappa shape index (κ2) is 10.4. The molecule has 7 heteroatoms. The van der Waals surface area contributed by atoms with Crippen molar-refractivity contribution >= 4 is 23.7 Å². The average molecular weight is 473 g/mol. The van der Waals surface area contributed by atoms with Gasteiger partial charge in [-0.25, -0.2) is 9.59 Å². The maximum atomic E-state index is 12.9. The molecule has 0 unspecified atom stereocenters. The van der Waals surface area contributed by atoms with Crippen molar-refractivity contribution in [1.29, 1.82) is 0 Å². The Morgan fingerprint density at radius 3 is 2.20 bits per heavy atom. The number of nitrogens with one attached hydrogen (secondary N) is 2. The summed E-state index contributed by atoms with van der Waals surface area (Å²) in [5.41, 5.74) is 5.71. The third-order valence-corrected chi connectivity index (χ3v) is 6.18. The summed E-state index contributed by atoms with van der Waals surface area (Å²) in [7, 11) is 0. The van der Waals surface area contributed by atoms with Crippen molar-refractivity contribution in [3.8, 4) is 11.1 Å². The first-order chi connectivity index (χ1) is 16.9. The zero-order chi connectivity index (χ0) is 24.9. The number of rotatable bonds is 8. The SMILES string of the molecule is CCC[C@@H](NC(=O)c1cc(C)ccc1NC(=O)OCC1c2ccccc2-c2ccccc21)C(=O)O. The summed E-state index contributed by atoms with van der Waals surface area (Å²) in [6, 6.07) is 20.1. The summed E-state index contributed by atoms with van der Waals surface area (Å²) in [6.07, 6.45) is 0.228. The molecule has 0 saturated heterocycles. The summed E-state index contributed by atoms with van der Waals surface area (Å²) >= 11 is 0. The molecule has 3 aromatic rings. The van der Waals surface area contributed by atoms with Crippen LogP contribution in [0.2, 0.25) is 0 Å². The molecule has 1 aliphatic rings. The molecule has 3 N–H and O–H groups in total. The predicted octanol–water partition coefficient (Wildman–Crippen LogP) is 5.34. The largest absolute Gasteiger partial charge is 0.480 e. The van der Waals surface area contributed by atoms with E-state index in [-0.39, 0.29) is 23.8 Å². The predicted molar refractivity (Wildman–Crippen MR) is 134 cm³/mol. The van der Waals surface area contributed by atoms with Gasteiger partial charge in [0.15, 0.2) is 0 Å². The lowest BCUT2D eigenvalue weighted by Crippen LogP contribution is -2.41. The number of carbonyl (C=O) groups is 3. The summed E-state index contributed by atoms with van der Waals surface area (Å²) in [5, 5.41) is 14.6. The monoisotopic (exact) mass is 472 g/mol. The van der Waals surface area contributed by atoms with Crippen molar-refractivity contribution < 1.29 is 24.2 Å². The molecule has 3 aromatic carbocycles. The number of anilines is 1. The molecule has 0 fully saturated rings. The van der Waals surface area contributed by atoms with Gasteiger partial charge in [-0.2, -0.15) is 0 Å². The highest BCUT2D eigenvalue weighted by Gasteiger charge is 2.29. The topological polar surface area (TPSA) is 105 Å². The smallest absolute Gasteiger partial charge is 0.411 e.